The van der Waals surface area contributed by atoms with Gasteiger partial charge in [-0.25, -0.2) is 9.78 Å². The van der Waals surface area contributed by atoms with E-state index in [4.69, 9.17) is 0 Å². The lowest BCUT2D eigenvalue weighted by molar-refractivity contribution is -0.384. The molecule has 2 atom stereocenters. The van der Waals surface area contributed by atoms with Crippen LogP contribution >= 0.6 is 11.3 Å². The number of rotatable bonds is 10. The molecule has 0 saturated carbocycles. The van der Waals surface area contributed by atoms with Gasteiger partial charge in [0.2, 0.25) is 5.91 Å². The zero-order valence-electron chi connectivity index (χ0n) is 17.9. The van der Waals surface area contributed by atoms with Crippen molar-refractivity contribution < 1.29 is 19.6 Å². The lowest BCUT2D eigenvalue weighted by atomic mass is 10.0. The van der Waals surface area contributed by atoms with E-state index in [0.29, 0.717) is 11.4 Å². The number of carbonyl (C=O) groups is 2. The van der Waals surface area contributed by atoms with Gasteiger partial charge in [0, 0.05) is 23.9 Å². The summed E-state index contributed by atoms with van der Waals surface area (Å²) in [4.78, 5) is 39.5. The summed E-state index contributed by atoms with van der Waals surface area (Å²) in [6.45, 7) is 1.98. The highest BCUT2D eigenvalue weighted by atomic mass is 32.1. The van der Waals surface area contributed by atoms with Crippen LogP contribution < -0.4 is 10.6 Å². The minimum absolute atomic E-state index is 0.0181. The maximum atomic E-state index is 13.1. The van der Waals surface area contributed by atoms with Gasteiger partial charge in [-0.15, -0.1) is 11.3 Å². The van der Waals surface area contributed by atoms with Crippen molar-refractivity contribution in [1.82, 2.24) is 15.6 Å². The van der Waals surface area contributed by atoms with Crippen molar-refractivity contribution in [2.45, 2.75) is 38.3 Å². The Kier molecular flexibility index (Phi) is 8.09. The number of benzene rings is 2. The Hall–Kier alpha value is -3.79. The van der Waals surface area contributed by atoms with Gasteiger partial charge in [0.25, 0.3) is 5.69 Å². The van der Waals surface area contributed by atoms with Crippen LogP contribution in [0.2, 0.25) is 0 Å². The zero-order valence-corrected chi connectivity index (χ0v) is 18.7. The van der Waals surface area contributed by atoms with Crippen LogP contribution in [0.1, 0.15) is 34.8 Å². The number of hydrogen-bond acceptors (Lipinski definition) is 6. The summed E-state index contributed by atoms with van der Waals surface area (Å²) in [6, 6.07) is 13.7. The summed E-state index contributed by atoms with van der Waals surface area (Å²) >= 11 is 1.41. The van der Waals surface area contributed by atoms with Crippen molar-refractivity contribution in [3.63, 3.8) is 0 Å². The molecule has 10 heteroatoms. The third-order valence-corrected chi connectivity index (χ3v) is 6.04. The number of hydrogen-bond donors (Lipinski definition) is 3. The Balaban J connectivity index is 1.82. The smallest absolute Gasteiger partial charge is 0.405 e. The lowest BCUT2D eigenvalue weighted by Gasteiger charge is -2.22. The Morgan fingerprint density at radius 2 is 1.73 bits per heavy atom. The second-order valence-electron chi connectivity index (χ2n) is 7.41. The predicted molar refractivity (Wildman–Crippen MR) is 124 cm³/mol. The van der Waals surface area contributed by atoms with E-state index in [2.05, 4.69) is 15.6 Å². The Morgan fingerprint density at radius 3 is 2.30 bits per heavy atom. The molecular formula is C23H24N4O5S. The number of carbonyl (C=O) groups excluding carboxylic acids is 1. The van der Waals surface area contributed by atoms with E-state index in [-0.39, 0.29) is 12.1 Å². The average Bonchev–Trinajstić information content (AvgIpc) is 3.28. The van der Waals surface area contributed by atoms with Gasteiger partial charge in [-0.05, 0) is 24.0 Å². The summed E-state index contributed by atoms with van der Waals surface area (Å²) in [5.41, 5.74) is 2.48. The summed E-state index contributed by atoms with van der Waals surface area (Å²) in [5.74, 6) is -0.471. The van der Waals surface area contributed by atoms with Gasteiger partial charge in [0.05, 0.1) is 16.7 Å². The van der Waals surface area contributed by atoms with E-state index < -0.39 is 29.0 Å². The highest BCUT2D eigenvalue weighted by Crippen LogP contribution is 2.24. The number of nitrogens with zero attached hydrogens (tertiary/aromatic N) is 2. The van der Waals surface area contributed by atoms with Crippen LogP contribution in [0.3, 0.4) is 0 Å². The van der Waals surface area contributed by atoms with E-state index in [9.17, 15) is 24.8 Å². The number of aryl methyl sites for hydroxylation is 1. The van der Waals surface area contributed by atoms with Crippen LogP contribution in [0, 0.1) is 10.1 Å². The molecule has 3 rings (SSSR count). The minimum atomic E-state index is -1.29. The van der Waals surface area contributed by atoms with Crippen LogP contribution in [0.4, 0.5) is 10.5 Å². The van der Waals surface area contributed by atoms with Crippen molar-refractivity contribution in [3.05, 3.63) is 91.9 Å². The number of nitro benzene ring substituents is 1. The standard InChI is InChI=1S/C23H24N4O5S/c1-2-17-14-33-22(24-17)20(13-16-8-10-18(11-9-16)27(31)32)25-21(28)19(26-23(29)30)12-15-6-4-3-5-7-15/h3-11,14,19-20,26H,2,12-13H2,1H3,(H,25,28)(H,29,30)/t19-,20-/m0/s1. The van der Waals surface area contributed by atoms with Crippen LogP contribution in [-0.4, -0.2) is 33.1 Å². The molecule has 0 bridgehead atoms. The highest BCUT2D eigenvalue weighted by molar-refractivity contribution is 7.09. The van der Waals surface area contributed by atoms with Gasteiger partial charge in [0.15, 0.2) is 0 Å². The molecule has 2 amide bonds. The monoisotopic (exact) mass is 468 g/mol. The number of thiazole rings is 1. The van der Waals surface area contributed by atoms with Crippen molar-refractivity contribution in [1.29, 1.82) is 0 Å². The first-order valence-corrected chi connectivity index (χ1v) is 11.2. The molecule has 1 aromatic heterocycles. The Morgan fingerprint density at radius 1 is 1.06 bits per heavy atom. The minimum Gasteiger partial charge on any atom is -0.465 e. The van der Waals surface area contributed by atoms with Crippen molar-refractivity contribution in [2.75, 3.05) is 0 Å². The molecule has 9 nitrogen and oxygen atoms in total. The Bertz CT molecular complexity index is 1100. The van der Waals surface area contributed by atoms with E-state index in [1.54, 1.807) is 12.1 Å². The molecule has 0 unspecified atom stereocenters. The molecule has 0 spiro atoms. The number of non-ortho nitro benzene ring substituents is 1. The molecule has 0 radical (unpaired) electrons. The predicted octanol–water partition coefficient (Wildman–Crippen LogP) is 3.89. The quantitative estimate of drug-likeness (QED) is 0.305. The maximum absolute atomic E-state index is 13.1. The molecule has 1 heterocycles. The molecule has 3 N–H and O–H groups in total. The van der Waals surface area contributed by atoms with Gasteiger partial charge >= 0.3 is 6.09 Å². The Labute approximate surface area is 194 Å². The first-order valence-electron chi connectivity index (χ1n) is 10.4. The largest absolute Gasteiger partial charge is 0.465 e. The van der Waals surface area contributed by atoms with E-state index in [1.165, 1.54) is 23.5 Å². The van der Waals surface area contributed by atoms with Crippen LogP contribution in [-0.2, 0) is 24.1 Å². The number of nitrogens with one attached hydrogen (secondary N) is 2. The normalized spacial score (nSPS) is 12.5. The fourth-order valence-electron chi connectivity index (χ4n) is 3.32. The second-order valence-corrected chi connectivity index (χ2v) is 8.30. The SMILES string of the molecule is CCc1csc([C@H](Cc2ccc([N+](=O)[O-])cc2)NC(=O)[C@H](Cc2ccccc2)NC(=O)O)n1. The van der Waals surface area contributed by atoms with Gasteiger partial charge in [-0.1, -0.05) is 49.4 Å². The van der Waals surface area contributed by atoms with Crippen molar-refractivity contribution in [2.24, 2.45) is 0 Å². The molecule has 0 aliphatic heterocycles. The molecule has 33 heavy (non-hydrogen) atoms. The average molecular weight is 469 g/mol. The van der Waals surface area contributed by atoms with E-state index in [1.807, 2.05) is 42.6 Å². The molecule has 0 aliphatic rings. The molecule has 3 aromatic rings. The summed E-state index contributed by atoms with van der Waals surface area (Å²) in [5, 5.41) is 28.0. The van der Waals surface area contributed by atoms with Crippen molar-refractivity contribution in [3.8, 4) is 0 Å². The third kappa shape index (κ3) is 6.84. The molecule has 2 aromatic carbocycles. The molecule has 172 valence electrons. The van der Waals surface area contributed by atoms with Gasteiger partial charge in [-0.3, -0.25) is 14.9 Å². The van der Waals surface area contributed by atoms with Crippen LogP contribution in [0.25, 0.3) is 0 Å². The summed E-state index contributed by atoms with van der Waals surface area (Å²) < 4.78 is 0. The van der Waals surface area contributed by atoms with Gasteiger partial charge < -0.3 is 15.7 Å². The fraction of sp³-hybridized carbons (Fsp3) is 0.261. The number of amides is 2. The fourth-order valence-corrected chi connectivity index (χ4v) is 4.27. The molecule has 0 fully saturated rings. The van der Waals surface area contributed by atoms with Gasteiger partial charge in [0.1, 0.15) is 11.0 Å². The topological polar surface area (TPSA) is 134 Å². The molecule has 0 aliphatic carbocycles. The maximum Gasteiger partial charge on any atom is 0.405 e. The third-order valence-electron chi connectivity index (χ3n) is 5.03. The van der Waals surface area contributed by atoms with Crippen LogP contribution in [0.15, 0.2) is 60.0 Å². The summed E-state index contributed by atoms with van der Waals surface area (Å²) in [7, 11) is 0. The van der Waals surface area contributed by atoms with E-state index in [0.717, 1.165) is 23.2 Å². The lowest BCUT2D eigenvalue weighted by Crippen LogP contribution is -2.48. The van der Waals surface area contributed by atoms with Crippen LogP contribution in [0.5, 0.6) is 0 Å². The number of carboxylic acid groups (broad SMARTS) is 1. The van der Waals surface area contributed by atoms with Gasteiger partial charge in [-0.2, -0.15) is 0 Å². The van der Waals surface area contributed by atoms with E-state index >= 15 is 0 Å². The van der Waals surface area contributed by atoms with Crippen molar-refractivity contribution >= 4 is 29.0 Å². The highest BCUT2D eigenvalue weighted by Gasteiger charge is 2.26. The first-order chi connectivity index (χ1) is 15.9. The molecule has 0 saturated heterocycles. The second kappa shape index (κ2) is 11.2. The number of nitro groups is 1. The summed E-state index contributed by atoms with van der Waals surface area (Å²) in [6.07, 6.45) is -0.000776. The number of aromatic nitrogens is 1. The first kappa shape index (κ1) is 23.9. The zero-order chi connectivity index (χ0) is 23.8. The molecular weight excluding hydrogens is 444 g/mol.